The Morgan fingerprint density at radius 3 is 2.07 bits per heavy atom. The van der Waals surface area contributed by atoms with Gasteiger partial charge in [-0.25, -0.2) is 14.4 Å². The minimum atomic E-state index is -1.47. The van der Waals surface area contributed by atoms with Crippen LogP contribution in [0.3, 0.4) is 0 Å². The van der Waals surface area contributed by atoms with Gasteiger partial charge in [-0.15, -0.1) is 0 Å². The van der Waals surface area contributed by atoms with Crippen molar-refractivity contribution in [2.24, 2.45) is 40.2 Å². The Hall–Kier alpha value is -9.08. The van der Waals surface area contributed by atoms with Crippen molar-refractivity contribution in [1.82, 2.24) is 31.1 Å². The van der Waals surface area contributed by atoms with E-state index >= 15 is 0 Å². The molecule has 28 heteroatoms. The van der Waals surface area contributed by atoms with Crippen molar-refractivity contribution < 1.29 is 90.9 Å². The average molecular weight is 1510 g/mol. The number of ether oxygens (including phenoxy) is 8. The molecule has 3 aromatic rings. The number of aliphatic hydroxyl groups is 1. The number of benzene rings is 3. The second-order valence-corrected chi connectivity index (χ2v) is 29.3. The van der Waals surface area contributed by atoms with Crippen molar-refractivity contribution in [2.45, 2.75) is 168 Å². The standard InChI is InChI=1S/C81H109N9O19/c1-8-16-71-108-67-48-62-61-29-26-58-47-60(91)32-34-79(58,6)72(61)65(92)49-80(62,7)81(67,109-71)66(93)52-107-78(101)89(10-3)38-37-88(9-2)77(100)106-51-54-22-27-59(28-23-54)85-74(97)63(20-15-35-84-76(82)99)86-75(98)73(53(4)5)87-69(95)33-39-102-41-43-104-45-46-105-44-42-103-40-36-83-68(94)30-31-70(96)90-50-57-19-12-11-17-55(57)24-25-56-18-13-14-21-64(56)90/h11-14,17-19,21-23,27-28,32,34,47,53,61-63,65,67,71-73,92H,8-10,15-16,20,26,29-31,33,35-46,48-52H2,1-7H3,(H,83,94)(H,85,97)(H,86,98)(H,87,95)(H3,82,84,99)/t61-,62?,63-,65-,67+,71?,72?,73-,79-,80-,81+/m0/s1. The second-order valence-electron chi connectivity index (χ2n) is 29.3. The Balaban J connectivity index is 0.638. The van der Waals surface area contributed by atoms with E-state index in [-0.39, 0.29) is 159 Å². The molecule has 0 radical (unpaired) electrons. The molecular formula is C81H109N9O19. The lowest BCUT2D eigenvalue weighted by molar-refractivity contribution is -0.200. The summed E-state index contributed by atoms with van der Waals surface area (Å²) in [6.45, 7) is 15.7. The minimum Gasteiger partial charge on any atom is -0.445 e. The number of amides is 9. The van der Waals surface area contributed by atoms with E-state index in [1.807, 2.05) is 68.5 Å². The summed E-state index contributed by atoms with van der Waals surface area (Å²) in [6.07, 6.45) is 5.71. The van der Waals surface area contributed by atoms with Crippen molar-refractivity contribution in [3.63, 3.8) is 0 Å². The number of ketones is 2. The molecular weight excluding hydrogens is 1400 g/mol. The second kappa shape index (κ2) is 40.0. The van der Waals surface area contributed by atoms with Crippen molar-refractivity contribution >= 4 is 70.7 Å². The van der Waals surface area contributed by atoms with Gasteiger partial charge in [-0.1, -0.05) is 107 Å². The number of hydrogen-bond acceptors (Lipinski definition) is 19. The van der Waals surface area contributed by atoms with E-state index in [1.54, 1.807) is 69.0 Å². The first-order chi connectivity index (χ1) is 52.4. The Kier molecular flexibility index (Phi) is 30.8. The Morgan fingerprint density at radius 2 is 1.39 bits per heavy atom. The van der Waals surface area contributed by atoms with Crippen LogP contribution in [0.25, 0.3) is 0 Å². The Morgan fingerprint density at radius 1 is 0.743 bits per heavy atom. The predicted octanol–water partition coefficient (Wildman–Crippen LogP) is 7.15. The summed E-state index contributed by atoms with van der Waals surface area (Å²) in [6, 6.07) is 18.9. The molecule has 9 rings (SSSR count). The topological polar surface area (TPSA) is 361 Å². The molecule has 3 unspecified atom stereocenters. The van der Waals surface area contributed by atoms with E-state index in [2.05, 4.69) is 45.3 Å². The number of carbonyl (C=O) groups excluding carboxylic acids is 10. The van der Waals surface area contributed by atoms with E-state index in [4.69, 9.17) is 43.6 Å². The summed E-state index contributed by atoms with van der Waals surface area (Å²) in [5.74, 6) is 3.26. The molecule has 4 fully saturated rings. The van der Waals surface area contributed by atoms with Crippen LogP contribution < -0.4 is 37.2 Å². The van der Waals surface area contributed by atoms with Crippen LogP contribution in [0, 0.1) is 46.3 Å². The highest BCUT2D eigenvalue weighted by molar-refractivity contribution is 6.01. The smallest absolute Gasteiger partial charge is 0.410 e. The van der Waals surface area contributed by atoms with Gasteiger partial charge in [0.05, 0.1) is 77.3 Å². The van der Waals surface area contributed by atoms with Crippen molar-refractivity contribution in [3.05, 3.63) is 119 Å². The molecule has 8 N–H and O–H groups in total. The maximum absolute atomic E-state index is 14.9. The molecule has 592 valence electrons. The van der Waals surface area contributed by atoms with Crippen molar-refractivity contribution in [1.29, 1.82) is 0 Å². The first-order valence-electron chi connectivity index (χ1n) is 38.3. The van der Waals surface area contributed by atoms with E-state index in [1.165, 1.54) is 9.80 Å². The van der Waals surface area contributed by atoms with Gasteiger partial charge in [0.25, 0.3) is 0 Å². The predicted molar refractivity (Wildman–Crippen MR) is 403 cm³/mol. The molecule has 28 nitrogen and oxygen atoms in total. The first-order valence-corrected chi connectivity index (χ1v) is 38.3. The van der Waals surface area contributed by atoms with Crippen LogP contribution in [0.2, 0.25) is 0 Å². The Bertz CT molecular complexity index is 3820. The number of allylic oxidation sites excluding steroid dienone is 4. The lowest BCUT2D eigenvalue weighted by atomic mass is 9.46. The van der Waals surface area contributed by atoms with Gasteiger partial charge in [0.15, 0.2) is 24.3 Å². The van der Waals surface area contributed by atoms with Crippen LogP contribution in [0.1, 0.15) is 141 Å². The molecule has 6 aliphatic rings. The van der Waals surface area contributed by atoms with Crippen molar-refractivity contribution in [2.75, 3.05) is 109 Å². The number of urea groups is 1. The van der Waals surface area contributed by atoms with Gasteiger partial charge < -0.3 is 90.0 Å². The third-order valence-electron chi connectivity index (χ3n) is 21.8. The molecule has 0 bridgehead atoms. The number of fused-ring (bicyclic) bond motifs is 9. The number of para-hydroxylation sites is 1. The fourth-order valence-corrected chi connectivity index (χ4v) is 16.1. The molecule has 3 saturated carbocycles. The molecule has 3 aromatic carbocycles. The van der Waals surface area contributed by atoms with Gasteiger partial charge in [0.2, 0.25) is 35.3 Å². The lowest BCUT2D eigenvalue weighted by Crippen LogP contribution is -2.63. The normalized spacial score (nSPS) is 23.2. The van der Waals surface area contributed by atoms with Gasteiger partial charge in [-0.3, -0.25) is 33.6 Å². The van der Waals surface area contributed by atoms with E-state index in [9.17, 15) is 53.1 Å². The summed E-state index contributed by atoms with van der Waals surface area (Å²) >= 11 is 0. The highest BCUT2D eigenvalue weighted by atomic mass is 16.7. The van der Waals surface area contributed by atoms with Crippen LogP contribution in [0.15, 0.2) is 96.6 Å². The number of primary amides is 1. The number of rotatable bonds is 40. The van der Waals surface area contributed by atoms with Crippen LogP contribution in [0.5, 0.6) is 0 Å². The highest BCUT2D eigenvalue weighted by Crippen LogP contribution is 2.70. The summed E-state index contributed by atoms with van der Waals surface area (Å²) in [5.41, 5.74) is 7.68. The number of Topliss-reactive ketones (excluding diaryl/α,β-unsaturated/α-hetero) is 1. The van der Waals surface area contributed by atoms with Gasteiger partial charge in [0.1, 0.15) is 18.7 Å². The molecule has 0 aromatic heterocycles. The zero-order valence-electron chi connectivity index (χ0n) is 63.9. The number of nitrogens with two attached hydrogens (primary N) is 1. The molecule has 1 saturated heterocycles. The van der Waals surface area contributed by atoms with Gasteiger partial charge >= 0.3 is 18.2 Å². The number of nitrogens with one attached hydrogen (secondary N) is 5. The monoisotopic (exact) mass is 1510 g/mol. The highest BCUT2D eigenvalue weighted by Gasteiger charge is 2.76. The van der Waals surface area contributed by atoms with Crippen LogP contribution in [-0.4, -0.2) is 209 Å². The maximum atomic E-state index is 14.9. The fraction of sp³-hybridized carbons (Fsp3) is 0.580. The zero-order valence-corrected chi connectivity index (χ0v) is 63.9. The fourth-order valence-electron chi connectivity index (χ4n) is 16.1. The summed E-state index contributed by atoms with van der Waals surface area (Å²) in [4.78, 5) is 137. The number of likely N-dealkylation sites (N-methyl/N-ethyl adjacent to an activating group) is 2. The van der Waals surface area contributed by atoms with E-state index < -0.39 is 95.3 Å². The molecule has 4 aliphatic carbocycles. The number of anilines is 2. The summed E-state index contributed by atoms with van der Waals surface area (Å²) < 4.78 is 47.1. The van der Waals surface area contributed by atoms with E-state index in [0.29, 0.717) is 62.6 Å². The molecule has 2 aliphatic heterocycles. The zero-order chi connectivity index (χ0) is 78.3. The molecule has 0 spiro atoms. The largest absolute Gasteiger partial charge is 0.445 e. The van der Waals surface area contributed by atoms with E-state index in [0.717, 1.165) is 35.1 Å². The molecule has 9 amide bonds. The third-order valence-corrected chi connectivity index (χ3v) is 21.8. The number of nitrogens with zero attached hydrogens (tertiary/aromatic N) is 3. The minimum absolute atomic E-state index is 0.0171. The SMILES string of the molecule is CCCC1O[C@@H]2CC3[C@@H]4CCC5=CC(=O)C=C[C@]5(C)C4[C@@H](O)C[C@]3(C)[C@]2(C(=O)COC(=O)N(CC)CCN(CC)C(=O)OCc2ccc(NC(=O)[C@H](CCCNC(N)=O)NC(=O)[C@@H](NC(=O)CCOCCOCCOCCOCCNC(=O)CCC(=O)N3Cc4ccccc4C#Cc4ccccc43)C(C)C)cc2)O1. The number of carbonyl (C=O) groups is 10. The molecule has 2 heterocycles. The van der Waals surface area contributed by atoms with Gasteiger partial charge in [-0.05, 0) is 130 Å². The van der Waals surface area contributed by atoms with Crippen molar-refractivity contribution in [3.8, 4) is 11.8 Å². The Labute approximate surface area is 638 Å². The molecule has 109 heavy (non-hydrogen) atoms. The van der Waals surface area contributed by atoms with Crippen LogP contribution in [0.4, 0.5) is 25.8 Å². The quantitative estimate of drug-likeness (QED) is 0.0219. The number of hydrogen-bond donors (Lipinski definition) is 7. The average Bonchev–Trinajstić information content (AvgIpc) is 1.53. The maximum Gasteiger partial charge on any atom is 0.410 e. The lowest BCUT2D eigenvalue weighted by Gasteiger charge is -2.59. The third kappa shape index (κ3) is 21.5. The van der Waals surface area contributed by atoms with Gasteiger partial charge in [-0.2, -0.15) is 0 Å². The van der Waals surface area contributed by atoms with Gasteiger partial charge in [0, 0.05) is 92.1 Å². The number of aliphatic hydroxyl groups excluding tert-OH is 1. The van der Waals surface area contributed by atoms with Crippen LogP contribution >= 0.6 is 0 Å². The summed E-state index contributed by atoms with van der Waals surface area (Å²) in [5, 5.41) is 25.8. The van der Waals surface area contributed by atoms with Crippen LogP contribution in [-0.2, 0) is 84.6 Å². The molecule has 11 atom stereocenters. The summed E-state index contributed by atoms with van der Waals surface area (Å²) in [7, 11) is 0. The first kappa shape index (κ1) is 83.9.